The second kappa shape index (κ2) is 5.51. The lowest BCUT2D eigenvalue weighted by Crippen LogP contribution is -2.00. The van der Waals surface area contributed by atoms with Crippen LogP contribution < -0.4 is 0 Å². The lowest BCUT2D eigenvalue weighted by molar-refractivity contribution is 0.167. The van der Waals surface area contributed by atoms with Crippen LogP contribution in [0, 0.1) is 6.92 Å². The monoisotopic (exact) mass is 266 g/mol. The molecule has 2 heteroatoms. The molecule has 2 nitrogen and oxygen atoms in total. The number of furan rings is 1. The highest BCUT2D eigenvalue weighted by Crippen LogP contribution is 2.32. The van der Waals surface area contributed by atoms with Gasteiger partial charge in [0.1, 0.15) is 11.3 Å². The van der Waals surface area contributed by atoms with Crippen molar-refractivity contribution in [3.63, 3.8) is 0 Å². The Morgan fingerprint density at radius 2 is 1.70 bits per heavy atom. The first kappa shape index (κ1) is 12.9. The molecule has 0 aliphatic rings. The van der Waals surface area contributed by atoms with Gasteiger partial charge in [0, 0.05) is 10.9 Å². The lowest BCUT2D eigenvalue weighted by atomic mass is 9.99. The van der Waals surface area contributed by atoms with Crippen LogP contribution in [0.2, 0.25) is 0 Å². The Morgan fingerprint density at radius 1 is 1.00 bits per heavy atom. The molecule has 0 amide bonds. The third-order valence-corrected chi connectivity index (χ3v) is 3.70. The first-order valence-corrected chi connectivity index (χ1v) is 6.95. The van der Waals surface area contributed by atoms with Crippen LogP contribution in [0.3, 0.4) is 0 Å². The van der Waals surface area contributed by atoms with Gasteiger partial charge in [-0.2, -0.15) is 0 Å². The number of hydrogen-bond donors (Lipinski definition) is 1. The quantitative estimate of drug-likeness (QED) is 0.759. The van der Waals surface area contributed by atoms with Crippen molar-refractivity contribution in [1.29, 1.82) is 0 Å². The number of benzene rings is 2. The highest BCUT2D eigenvalue weighted by Gasteiger charge is 2.18. The van der Waals surface area contributed by atoms with E-state index in [9.17, 15) is 5.11 Å². The Labute approximate surface area is 118 Å². The molecule has 0 aliphatic heterocycles. The van der Waals surface area contributed by atoms with Crippen molar-refractivity contribution in [1.82, 2.24) is 0 Å². The fourth-order valence-corrected chi connectivity index (χ4v) is 2.69. The van der Waals surface area contributed by atoms with Crippen LogP contribution in [-0.4, -0.2) is 5.11 Å². The van der Waals surface area contributed by atoms with Gasteiger partial charge in [0.05, 0.1) is 6.10 Å². The molecule has 0 spiro atoms. The van der Waals surface area contributed by atoms with Gasteiger partial charge >= 0.3 is 0 Å². The van der Waals surface area contributed by atoms with Crippen molar-refractivity contribution < 1.29 is 9.52 Å². The SMILES string of the molecule is Cc1oc2ccccc2c1C(O)CCc1ccccc1. The van der Waals surface area contributed by atoms with Gasteiger partial charge in [-0.05, 0) is 31.4 Å². The van der Waals surface area contributed by atoms with E-state index in [0.29, 0.717) is 6.42 Å². The topological polar surface area (TPSA) is 33.4 Å². The van der Waals surface area contributed by atoms with Gasteiger partial charge in [-0.3, -0.25) is 0 Å². The molecule has 0 saturated carbocycles. The van der Waals surface area contributed by atoms with Crippen LogP contribution in [0.25, 0.3) is 11.0 Å². The summed E-state index contributed by atoms with van der Waals surface area (Å²) in [6, 6.07) is 18.1. The minimum Gasteiger partial charge on any atom is -0.461 e. The fourth-order valence-electron chi connectivity index (χ4n) is 2.69. The fraction of sp³-hybridized carbons (Fsp3) is 0.222. The summed E-state index contributed by atoms with van der Waals surface area (Å²) in [5, 5.41) is 11.5. The Bertz CT molecular complexity index is 698. The average molecular weight is 266 g/mol. The largest absolute Gasteiger partial charge is 0.461 e. The summed E-state index contributed by atoms with van der Waals surface area (Å²) in [4.78, 5) is 0. The maximum absolute atomic E-state index is 10.5. The molecule has 0 aliphatic carbocycles. The van der Waals surface area contributed by atoms with Gasteiger partial charge in [-0.1, -0.05) is 48.5 Å². The number of para-hydroxylation sites is 1. The summed E-state index contributed by atoms with van der Waals surface area (Å²) in [5.41, 5.74) is 3.02. The first-order valence-electron chi connectivity index (χ1n) is 6.95. The number of aliphatic hydroxyl groups excluding tert-OH is 1. The Balaban J connectivity index is 1.82. The van der Waals surface area contributed by atoms with Gasteiger partial charge in [-0.15, -0.1) is 0 Å². The van der Waals surface area contributed by atoms with Crippen molar-refractivity contribution in [2.24, 2.45) is 0 Å². The van der Waals surface area contributed by atoms with Crippen LogP contribution in [0.1, 0.15) is 29.4 Å². The van der Waals surface area contributed by atoms with E-state index >= 15 is 0 Å². The van der Waals surface area contributed by atoms with E-state index in [1.54, 1.807) is 0 Å². The molecule has 102 valence electrons. The third kappa shape index (κ3) is 2.47. The molecule has 3 aromatic rings. The van der Waals surface area contributed by atoms with Gasteiger partial charge in [0.15, 0.2) is 0 Å². The maximum Gasteiger partial charge on any atom is 0.134 e. The van der Waals surface area contributed by atoms with Crippen LogP contribution in [0.5, 0.6) is 0 Å². The predicted octanol–water partition coefficient (Wildman–Crippen LogP) is 4.41. The number of aryl methyl sites for hydroxylation is 2. The standard InChI is InChI=1S/C18H18O2/c1-13-18(15-9-5-6-10-17(15)20-13)16(19)12-11-14-7-3-2-4-8-14/h2-10,16,19H,11-12H2,1H3. The van der Waals surface area contributed by atoms with Crippen LogP contribution in [0.15, 0.2) is 59.0 Å². The minimum atomic E-state index is -0.487. The number of fused-ring (bicyclic) bond motifs is 1. The van der Waals surface area contributed by atoms with Gasteiger partial charge < -0.3 is 9.52 Å². The van der Waals surface area contributed by atoms with E-state index in [1.807, 2.05) is 49.4 Å². The third-order valence-electron chi connectivity index (χ3n) is 3.70. The normalized spacial score (nSPS) is 12.7. The second-order valence-electron chi connectivity index (χ2n) is 5.11. The first-order chi connectivity index (χ1) is 9.75. The molecule has 0 saturated heterocycles. The molecule has 0 radical (unpaired) electrons. The van der Waals surface area contributed by atoms with Crippen LogP contribution >= 0.6 is 0 Å². The van der Waals surface area contributed by atoms with Gasteiger partial charge in [0.2, 0.25) is 0 Å². The summed E-state index contributed by atoms with van der Waals surface area (Å²) < 4.78 is 5.71. The summed E-state index contributed by atoms with van der Waals surface area (Å²) >= 11 is 0. The minimum absolute atomic E-state index is 0.487. The van der Waals surface area contributed by atoms with Gasteiger partial charge in [-0.25, -0.2) is 0 Å². The molecular formula is C18H18O2. The Morgan fingerprint density at radius 3 is 2.50 bits per heavy atom. The highest BCUT2D eigenvalue weighted by atomic mass is 16.3. The number of hydrogen-bond acceptors (Lipinski definition) is 2. The van der Waals surface area contributed by atoms with E-state index in [0.717, 1.165) is 28.7 Å². The van der Waals surface area contributed by atoms with E-state index in [-0.39, 0.29) is 0 Å². The highest BCUT2D eigenvalue weighted by molar-refractivity contribution is 5.82. The lowest BCUT2D eigenvalue weighted by Gasteiger charge is -2.10. The van der Waals surface area contributed by atoms with Crippen molar-refractivity contribution in [3.8, 4) is 0 Å². The second-order valence-corrected chi connectivity index (χ2v) is 5.11. The zero-order valence-corrected chi connectivity index (χ0v) is 11.5. The molecule has 1 unspecified atom stereocenters. The smallest absolute Gasteiger partial charge is 0.134 e. The molecule has 2 aromatic carbocycles. The maximum atomic E-state index is 10.5. The van der Waals surface area contributed by atoms with Crippen molar-refractivity contribution in [2.75, 3.05) is 0 Å². The van der Waals surface area contributed by atoms with E-state index in [2.05, 4.69) is 12.1 Å². The van der Waals surface area contributed by atoms with Crippen molar-refractivity contribution in [3.05, 3.63) is 71.5 Å². The molecule has 1 atom stereocenters. The summed E-state index contributed by atoms with van der Waals surface area (Å²) in [7, 11) is 0. The van der Waals surface area contributed by atoms with E-state index in [4.69, 9.17) is 4.42 Å². The Kier molecular flexibility index (Phi) is 3.57. The molecule has 0 fully saturated rings. The molecule has 20 heavy (non-hydrogen) atoms. The van der Waals surface area contributed by atoms with E-state index in [1.165, 1.54) is 5.56 Å². The van der Waals surface area contributed by atoms with Crippen molar-refractivity contribution >= 4 is 11.0 Å². The predicted molar refractivity (Wildman–Crippen MR) is 80.7 cm³/mol. The van der Waals surface area contributed by atoms with E-state index < -0.39 is 6.10 Å². The Hall–Kier alpha value is -2.06. The van der Waals surface area contributed by atoms with Crippen LogP contribution in [-0.2, 0) is 6.42 Å². The molecule has 1 aromatic heterocycles. The molecule has 1 N–H and O–H groups in total. The zero-order chi connectivity index (χ0) is 13.9. The van der Waals surface area contributed by atoms with Crippen LogP contribution in [0.4, 0.5) is 0 Å². The zero-order valence-electron chi connectivity index (χ0n) is 11.5. The van der Waals surface area contributed by atoms with Gasteiger partial charge in [0.25, 0.3) is 0 Å². The summed E-state index contributed by atoms with van der Waals surface area (Å²) in [5.74, 6) is 0.812. The molecule has 3 rings (SSSR count). The number of aliphatic hydroxyl groups is 1. The number of rotatable bonds is 4. The molecular weight excluding hydrogens is 248 g/mol. The van der Waals surface area contributed by atoms with Crippen molar-refractivity contribution in [2.45, 2.75) is 25.9 Å². The summed E-state index contributed by atoms with van der Waals surface area (Å²) in [6.45, 7) is 1.92. The molecule has 1 heterocycles. The molecule has 0 bridgehead atoms. The summed E-state index contributed by atoms with van der Waals surface area (Å²) in [6.07, 6.45) is 1.08. The average Bonchev–Trinajstić information content (AvgIpc) is 2.82.